The fraction of sp³-hybridized carbons (Fsp3) is 0.625. The predicted molar refractivity (Wildman–Crippen MR) is 46.7 cm³/mol. The first-order valence-corrected chi connectivity index (χ1v) is 3.65. The Hall–Kier alpha value is -1.21. The molecule has 0 rings (SSSR count). The zero-order valence-electron chi connectivity index (χ0n) is 7.46. The van der Waals surface area contributed by atoms with E-state index in [0.29, 0.717) is 6.54 Å². The second kappa shape index (κ2) is 6.50. The van der Waals surface area contributed by atoms with E-state index in [1.807, 2.05) is 19.0 Å². The van der Waals surface area contributed by atoms with Crippen molar-refractivity contribution in [2.24, 2.45) is 0 Å². The molecule has 0 atom stereocenters. The van der Waals surface area contributed by atoms with Crippen LogP contribution in [0.4, 0.5) is 4.79 Å². The van der Waals surface area contributed by atoms with Crippen LogP contribution in [-0.2, 0) is 4.74 Å². The van der Waals surface area contributed by atoms with Gasteiger partial charge in [-0.2, -0.15) is 0 Å². The first-order chi connectivity index (χ1) is 5.66. The van der Waals surface area contributed by atoms with Crippen molar-refractivity contribution in [1.29, 1.82) is 0 Å². The Labute approximate surface area is 72.9 Å². The van der Waals surface area contributed by atoms with Gasteiger partial charge < -0.3 is 15.0 Å². The highest BCUT2D eigenvalue weighted by atomic mass is 16.5. The number of rotatable bonds is 4. The molecular formula is C8H14N2O2. The highest BCUT2D eigenvalue weighted by molar-refractivity contribution is 5.67. The monoisotopic (exact) mass is 170 g/mol. The molecule has 12 heavy (non-hydrogen) atoms. The Bertz CT molecular complexity index is 172. The number of hydrogen-bond acceptors (Lipinski definition) is 3. The van der Waals surface area contributed by atoms with E-state index in [4.69, 9.17) is 6.42 Å². The molecule has 0 bridgehead atoms. The maximum absolute atomic E-state index is 10.7. The smallest absolute Gasteiger partial charge is 0.408 e. The van der Waals surface area contributed by atoms with E-state index in [1.165, 1.54) is 0 Å². The Morgan fingerprint density at radius 1 is 1.67 bits per heavy atom. The number of carbonyl (C=O) groups is 1. The van der Waals surface area contributed by atoms with Gasteiger partial charge in [0.1, 0.15) is 0 Å². The van der Waals surface area contributed by atoms with E-state index in [-0.39, 0.29) is 6.61 Å². The van der Waals surface area contributed by atoms with Gasteiger partial charge in [0.2, 0.25) is 0 Å². The third-order valence-corrected chi connectivity index (χ3v) is 1.11. The number of alkyl carbamates (subject to hydrolysis) is 1. The summed E-state index contributed by atoms with van der Waals surface area (Å²) in [5, 5.41) is 2.55. The van der Waals surface area contributed by atoms with Crippen molar-refractivity contribution in [3.63, 3.8) is 0 Å². The van der Waals surface area contributed by atoms with Crippen LogP contribution in [0.2, 0.25) is 0 Å². The average molecular weight is 170 g/mol. The molecule has 0 aliphatic carbocycles. The van der Waals surface area contributed by atoms with Gasteiger partial charge in [0.05, 0.1) is 0 Å². The van der Waals surface area contributed by atoms with Crippen molar-refractivity contribution < 1.29 is 9.53 Å². The van der Waals surface area contributed by atoms with E-state index in [0.717, 1.165) is 6.54 Å². The minimum absolute atomic E-state index is 0.0216. The minimum atomic E-state index is -0.463. The number of terminal acetylenes is 1. The lowest BCUT2D eigenvalue weighted by Crippen LogP contribution is -2.31. The summed E-state index contributed by atoms with van der Waals surface area (Å²) in [5.41, 5.74) is 0. The molecule has 0 fully saturated rings. The molecule has 0 saturated carbocycles. The lowest BCUT2D eigenvalue weighted by Gasteiger charge is -2.09. The molecule has 1 N–H and O–H groups in total. The van der Waals surface area contributed by atoms with Crippen molar-refractivity contribution in [2.75, 3.05) is 33.8 Å². The van der Waals surface area contributed by atoms with Crippen LogP contribution >= 0.6 is 0 Å². The topological polar surface area (TPSA) is 41.6 Å². The molecule has 0 aliphatic heterocycles. The standard InChI is InChI=1S/C8H14N2O2/c1-4-7-12-8(11)9-5-6-10(2)3/h1H,5-7H2,2-3H3,(H,9,11). The summed E-state index contributed by atoms with van der Waals surface area (Å²) >= 11 is 0. The van der Waals surface area contributed by atoms with Crippen LogP contribution in [0.3, 0.4) is 0 Å². The van der Waals surface area contributed by atoms with E-state index in [1.54, 1.807) is 0 Å². The quantitative estimate of drug-likeness (QED) is 0.599. The Balaban J connectivity index is 3.27. The number of ether oxygens (including phenoxy) is 1. The maximum Gasteiger partial charge on any atom is 0.408 e. The highest BCUT2D eigenvalue weighted by Gasteiger charge is 1.98. The summed E-state index contributed by atoms with van der Waals surface area (Å²) in [7, 11) is 3.85. The fourth-order valence-electron chi connectivity index (χ4n) is 0.540. The number of likely N-dealkylation sites (N-methyl/N-ethyl adjacent to an activating group) is 1. The summed E-state index contributed by atoms with van der Waals surface area (Å²) in [6.45, 7) is 1.37. The molecule has 0 spiro atoms. The van der Waals surface area contributed by atoms with Gasteiger partial charge in [0, 0.05) is 13.1 Å². The minimum Gasteiger partial charge on any atom is -0.436 e. The van der Waals surface area contributed by atoms with E-state index in [9.17, 15) is 4.79 Å². The molecular weight excluding hydrogens is 156 g/mol. The maximum atomic E-state index is 10.7. The van der Waals surface area contributed by atoms with Crippen molar-refractivity contribution in [2.45, 2.75) is 0 Å². The third-order valence-electron chi connectivity index (χ3n) is 1.11. The average Bonchev–Trinajstić information content (AvgIpc) is 2.00. The molecule has 0 saturated heterocycles. The van der Waals surface area contributed by atoms with Crippen LogP contribution in [0, 0.1) is 12.3 Å². The van der Waals surface area contributed by atoms with Crippen LogP contribution < -0.4 is 5.32 Å². The van der Waals surface area contributed by atoms with Gasteiger partial charge >= 0.3 is 6.09 Å². The number of nitrogens with one attached hydrogen (secondary N) is 1. The first kappa shape index (κ1) is 10.8. The van der Waals surface area contributed by atoms with E-state index < -0.39 is 6.09 Å². The SMILES string of the molecule is C#CCOC(=O)NCCN(C)C. The molecule has 0 aromatic heterocycles. The normalized spacial score (nSPS) is 9.17. The zero-order chi connectivity index (χ0) is 9.40. The van der Waals surface area contributed by atoms with Crippen molar-refractivity contribution >= 4 is 6.09 Å². The lowest BCUT2D eigenvalue weighted by molar-refractivity contribution is 0.159. The van der Waals surface area contributed by atoms with Gasteiger partial charge in [-0.15, -0.1) is 6.42 Å². The number of carbonyl (C=O) groups excluding carboxylic acids is 1. The van der Waals surface area contributed by atoms with Gasteiger partial charge in [0.15, 0.2) is 6.61 Å². The third kappa shape index (κ3) is 6.90. The van der Waals surface area contributed by atoms with Crippen LogP contribution in [0.5, 0.6) is 0 Å². The Morgan fingerprint density at radius 3 is 2.83 bits per heavy atom. The second-order valence-corrected chi connectivity index (χ2v) is 2.51. The molecule has 4 nitrogen and oxygen atoms in total. The summed E-state index contributed by atoms with van der Waals surface area (Å²) < 4.78 is 4.57. The molecule has 0 aromatic rings. The zero-order valence-corrected chi connectivity index (χ0v) is 7.46. The largest absolute Gasteiger partial charge is 0.436 e. The lowest BCUT2D eigenvalue weighted by atomic mass is 10.6. The van der Waals surface area contributed by atoms with Gasteiger partial charge in [-0.3, -0.25) is 0 Å². The van der Waals surface area contributed by atoms with Crippen molar-refractivity contribution in [3.8, 4) is 12.3 Å². The molecule has 0 aromatic carbocycles. The van der Waals surface area contributed by atoms with Gasteiger partial charge in [-0.25, -0.2) is 4.79 Å². The fourth-order valence-corrected chi connectivity index (χ4v) is 0.540. The van der Waals surface area contributed by atoms with Crippen LogP contribution in [0.1, 0.15) is 0 Å². The second-order valence-electron chi connectivity index (χ2n) is 2.51. The highest BCUT2D eigenvalue weighted by Crippen LogP contribution is 1.76. The number of nitrogens with zero attached hydrogens (tertiary/aromatic N) is 1. The van der Waals surface area contributed by atoms with Gasteiger partial charge in [-0.05, 0) is 14.1 Å². The molecule has 0 radical (unpaired) electrons. The molecule has 0 unspecified atom stereocenters. The number of hydrogen-bond donors (Lipinski definition) is 1. The molecule has 0 aliphatic rings. The van der Waals surface area contributed by atoms with Gasteiger partial charge in [0.25, 0.3) is 0 Å². The summed E-state index contributed by atoms with van der Waals surface area (Å²) in [6, 6.07) is 0. The van der Waals surface area contributed by atoms with Gasteiger partial charge in [-0.1, -0.05) is 5.92 Å². The molecule has 4 heteroatoms. The first-order valence-electron chi connectivity index (χ1n) is 3.65. The van der Waals surface area contributed by atoms with Crippen molar-refractivity contribution in [3.05, 3.63) is 0 Å². The summed E-state index contributed by atoms with van der Waals surface area (Å²) in [5.74, 6) is 2.20. The Kier molecular flexibility index (Phi) is 5.84. The van der Waals surface area contributed by atoms with Crippen molar-refractivity contribution in [1.82, 2.24) is 10.2 Å². The summed E-state index contributed by atoms with van der Waals surface area (Å²) in [4.78, 5) is 12.7. The molecule has 1 amide bonds. The molecule has 0 heterocycles. The number of amides is 1. The Morgan fingerprint density at radius 2 is 2.33 bits per heavy atom. The van der Waals surface area contributed by atoms with E-state index in [2.05, 4.69) is 16.0 Å². The summed E-state index contributed by atoms with van der Waals surface area (Å²) in [6.07, 6.45) is 4.43. The van der Waals surface area contributed by atoms with Crippen LogP contribution in [0.25, 0.3) is 0 Å². The predicted octanol–water partition coefficient (Wildman–Crippen LogP) is -0.0926. The van der Waals surface area contributed by atoms with E-state index >= 15 is 0 Å². The molecule has 68 valence electrons. The van der Waals surface area contributed by atoms with Crippen LogP contribution in [-0.4, -0.2) is 44.8 Å². The van der Waals surface area contributed by atoms with Crippen LogP contribution in [0.15, 0.2) is 0 Å².